The SMILES string of the molecule is C[Si]1(C)CCC(O[Si](C)(C)C)C1. The van der Waals surface area contributed by atoms with Gasteiger partial charge in [-0.05, 0) is 32.1 Å². The molecule has 0 spiro atoms. The Balaban J connectivity index is 2.39. The van der Waals surface area contributed by atoms with Crippen molar-refractivity contribution in [3.8, 4) is 0 Å². The van der Waals surface area contributed by atoms with Gasteiger partial charge in [0.25, 0.3) is 0 Å². The summed E-state index contributed by atoms with van der Waals surface area (Å²) in [5.41, 5.74) is 0. The minimum atomic E-state index is -1.26. The summed E-state index contributed by atoms with van der Waals surface area (Å²) < 4.78 is 6.11. The van der Waals surface area contributed by atoms with Gasteiger partial charge in [0.1, 0.15) is 0 Å². The van der Waals surface area contributed by atoms with Crippen molar-refractivity contribution in [3.63, 3.8) is 0 Å². The lowest BCUT2D eigenvalue weighted by atomic mass is 10.3. The molecule has 12 heavy (non-hydrogen) atoms. The molecule has 1 aliphatic heterocycles. The van der Waals surface area contributed by atoms with Crippen molar-refractivity contribution in [3.05, 3.63) is 0 Å². The molecule has 0 aromatic rings. The molecule has 3 heteroatoms. The van der Waals surface area contributed by atoms with E-state index in [1.165, 1.54) is 18.5 Å². The summed E-state index contributed by atoms with van der Waals surface area (Å²) >= 11 is 0. The van der Waals surface area contributed by atoms with E-state index in [1.807, 2.05) is 0 Å². The molecule has 0 bridgehead atoms. The Bertz CT molecular complexity index is 160. The Labute approximate surface area is 78.7 Å². The number of hydrogen-bond donors (Lipinski definition) is 0. The third-order valence-electron chi connectivity index (χ3n) is 2.44. The fraction of sp³-hybridized carbons (Fsp3) is 1.00. The quantitative estimate of drug-likeness (QED) is 0.624. The summed E-state index contributed by atoms with van der Waals surface area (Å²) in [5, 5.41) is 0. The Kier molecular flexibility index (Phi) is 2.86. The first-order valence-corrected chi connectivity index (χ1v) is 11.8. The van der Waals surface area contributed by atoms with Crippen LogP contribution in [-0.4, -0.2) is 22.5 Å². The van der Waals surface area contributed by atoms with Gasteiger partial charge in [-0.2, -0.15) is 0 Å². The van der Waals surface area contributed by atoms with E-state index in [4.69, 9.17) is 4.43 Å². The molecule has 1 heterocycles. The van der Waals surface area contributed by atoms with E-state index in [9.17, 15) is 0 Å². The van der Waals surface area contributed by atoms with Crippen molar-refractivity contribution in [2.75, 3.05) is 0 Å². The highest BCUT2D eigenvalue weighted by Gasteiger charge is 2.35. The molecule has 1 aliphatic rings. The van der Waals surface area contributed by atoms with Crippen molar-refractivity contribution in [2.45, 2.75) is 57.3 Å². The normalized spacial score (nSPS) is 29.2. The molecular weight excluding hydrogens is 180 g/mol. The largest absolute Gasteiger partial charge is 0.415 e. The van der Waals surface area contributed by atoms with Crippen LogP contribution in [0.5, 0.6) is 0 Å². The van der Waals surface area contributed by atoms with E-state index < -0.39 is 16.4 Å². The van der Waals surface area contributed by atoms with Crippen molar-refractivity contribution in [1.29, 1.82) is 0 Å². The van der Waals surface area contributed by atoms with Crippen LogP contribution in [0, 0.1) is 0 Å². The first-order valence-electron chi connectivity index (χ1n) is 4.96. The molecule has 1 rings (SSSR count). The molecule has 0 amide bonds. The second kappa shape index (κ2) is 3.27. The molecule has 0 aromatic heterocycles. The van der Waals surface area contributed by atoms with Gasteiger partial charge >= 0.3 is 0 Å². The van der Waals surface area contributed by atoms with Crippen LogP contribution in [0.4, 0.5) is 0 Å². The molecule has 0 radical (unpaired) electrons. The standard InChI is InChI=1S/C9H22OSi2/c1-11(2,3)10-9-6-7-12(4,5)8-9/h9H,6-8H2,1-5H3. The highest BCUT2D eigenvalue weighted by molar-refractivity contribution is 6.78. The first kappa shape index (κ1) is 10.5. The maximum atomic E-state index is 6.11. The van der Waals surface area contributed by atoms with E-state index in [1.54, 1.807) is 0 Å². The van der Waals surface area contributed by atoms with E-state index in [-0.39, 0.29) is 0 Å². The fourth-order valence-electron chi connectivity index (χ4n) is 1.97. The zero-order valence-electron chi connectivity index (χ0n) is 9.11. The van der Waals surface area contributed by atoms with Crippen molar-refractivity contribution >= 4 is 16.4 Å². The van der Waals surface area contributed by atoms with Gasteiger partial charge in [-0.15, -0.1) is 0 Å². The summed E-state index contributed by atoms with van der Waals surface area (Å²) in [6.07, 6.45) is 1.96. The molecule has 72 valence electrons. The van der Waals surface area contributed by atoms with Crippen LogP contribution in [0.15, 0.2) is 0 Å². The van der Waals surface area contributed by atoms with Gasteiger partial charge in [-0.1, -0.05) is 19.1 Å². The Morgan fingerprint density at radius 1 is 1.25 bits per heavy atom. The monoisotopic (exact) mass is 202 g/mol. The van der Waals surface area contributed by atoms with Crippen LogP contribution < -0.4 is 0 Å². The fourth-order valence-corrected chi connectivity index (χ4v) is 6.17. The maximum Gasteiger partial charge on any atom is 0.184 e. The van der Waals surface area contributed by atoms with Crippen molar-refractivity contribution < 1.29 is 4.43 Å². The predicted octanol–water partition coefficient (Wildman–Crippen LogP) is 3.32. The zero-order valence-corrected chi connectivity index (χ0v) is 11.1. The van der Waals surface area contributed by atoms with Gasteiger partial charge < -0.3 is 4.43 Å². The van der Waals surface area contributed by atoms with Crippen LogP contribution in [0.2, 0.25) is 44.8 Å². The summed E-state index contributed by atoms with van der Waals surface area (Å²) in [4.78, 5) is 0. The molecule has 1 atom stereocenters. The van der Waals surface area contributed by atoms with Gasteiger partial charge in [-0.3, -0.25) is 0 Å². The molecule has 0 aliphatic carbocycles. The average molecular weight is 202 g/mol. The number of rotatable bonds is 2. The third kappa shape index (κ3) is 3.41. The van der Waals surface area contributed by atoms with Crippen LogP contribution in [0.3, 0.4) is 0 Å². The predicted molar refractivity (Wildman–Crippen MR) is 59.9 cm³/mol. The first-order chi connectivity index (χ1) is 5.29. The van der Waals surface area contributed by atoms with Gasteiger partial charge in [-0.25, -0.2) is 0 Å². The lowest BCUT2D eigenvalue weighted by Gasteiger charge is -2.24. The second-order valence-electron chi connectivity index (χ2n) is 5.76. The molecular formula is C9H22OSi2. The molecule has 1 nitrogen and oxygen atoms in total. The Hall–Kier alpha value is 0.394. The van der Waals surface area contributed by atoms with E-state index in [0.717, 1.165) is 0 Å². The average Bonchev–Trinajstić information content (AvgIpc) is 2.05. The molecule has 0 aromatic carbocycles. The highest BCUT2D eigenvalue weighted by atomic mass is 28.4. The molecule has 1 fully saturated rings. The summed E-state index contributed by atoms with van der Waals surface area (Å²) in [6, 6.07) is 2.87. The zero-order chi connectivity index (χ0) is 9.41. The summed E-state index contributed by atoms with van der Waals surface area (Å²) in [5.74, 6) is 0. The molecule has 0 saturated carbocycles. The van der Waals surface area contributed by atoms with E-state index in [0.29, 0.717) is 6.10 Å². The molecule has 0 N–H and O–H groups in total. The molecule has 1 unspecified atom stereocenters. The van der Waals surface area contributed by atoms with Gasteiger partial charge in [0.05, 0.1) is 0 Å². The van der Waals surface area contributed by atoms with Gasteiger partial charge in [0.15, 0.2) is 8.32 Å². The van der Waals surface area contributed by atoms with Crippen molar-refractivity contribution in [1.82, 2.24) is 0 Å². The van der Waals surface area contributed by atoms with Gasteiger partial charge in [0, 0.05) is 14.2 Å². The Morgan fingerprint density at radius 2 is 1.83 bits per heavy atom. The smallest absolute Gasteiger partial charge is 0.184 e. The van der Waals surface area contributed by atoms with Crippen LogP contribution in [0.25, 0.3) is 0 Å². The minimum Gasteiger partial charge on any atom is -0.415 e. The third-order valence-corrected chi connectivity index (χ3v) is 6.69. The minimum absolute atomic E-state index is 0.623. The van der Waals surface area contributed by atoms with Crippen LogP contribution in [0.1, 0.15) is 6.42 Å². The summed E-state index contributed by atoms with van der Waals surface area (Å²) in [6.45, 7) is 11.8. The van der Waals surface area contributed by atoms with E-state index >= 15 is 0 Å². The number of hydrogen-bond acceptors (Lipinski definition) is 1. The van der Waals surface area contributed by atoms with Crippen molar-refractivity contribution in [2.24, 2.45) is 0 Å². The lowest BCUT2D eigenvalue weighted by molar-refractivity contribution is 0.218. The Morgan fingerprint density at radius 3 is 2.17 bits per heavy atom. The highest BCUT2D eigenvalue weighted by Crippen LogP contribution is 2.33. The topological polar surface area (TPSA) is 9.23 Å². The van der Waals surface area contributed by atoms with E-state index in [2.05, 4.69) is 32.7 Å². The van der Waals surface area contributed by atoms with Crippen LogP contribution in [-0.2, 0) is 4.43 Å². The van der Waals surface area contributed by atoms with Gasteiger partial charge in [0.2, 0.25) is 0 Å². The maximum absolute atomic E-state index is 6.11. The molecule has 1 saturated heterocycles. The second-order valence-corrected chi connectivity index (χ2v) is 15.5. The lowest BCUT2D eigenvalue weighted by Crippen LogP contribution is -2.32. The van der Waals surface area contributed by atoms with Crippen LogP contribution >= 0.6 is 0 Å². The summed E-state index contributed by atoms with van der Waals surface area (Å²) in [7, 11) is -2.07.